The monoisotopic (exact) mass is 437 g/mol. The van der Waals surface area contributed by atoms with Gasteiger partial charge in [0.1, 0.15) is 11.6 Å². The van der Waals surface area contributed by atoms with Gasteiger partial charge in [0, 0.05) is 49.3 Å². The number of nitrogens with zero attached hydrogens (tertiary/aromatic N) is 1. The van der Waals surface area contributed by atoms with E-state index in [0.29, 0.717) is 23.9 Å². The van der Waals surface area contributed by atoms with Gasteiger partial charge in [-0.25, -0.2) is 13.6 Å². The molecule has 0 aromatic heterocycles. The Hall–Kier alpha value is -2.71. The molecular weight excluding hydrogens is 416 g/mol. The normalized spacial score (nSPS) is 18.9. The maximum atomic E-state index is 14.4. The third kappa shape index (κ3) is 5.46. The number of hydrogen-bond donors (Lipinski definition) is 2. The number of likely N-dealkylation sites (tertiary alicyclic amines) is 1. The van der Waals surface area contributed by atoms with E-state index in [-0.39, 0.29) is 24.4 Å². The van der Waals surface area contributed by atoms with Gasteiger partial charge in [-0.1, -0.05) is 17.7 Å². The molecule has 0 saturated carbocycles. The number of ether oxygens (including phenoxy) is 1. The van der Waals surface area contributed by atoms with Crippen molar-refractivity contribution in [2.75, 3.05) is 32.1 Å². The maximum Gasteiger partial charge on any atom is 0.319 e. The largest absolute Gasteiger partial charge is 0.383 e. The van der Waals surface area contributed by atoms with Crippen molar-refractivity contribution in [3.8, 4) is 0 Å². The molecule has 9 heteroatoms. The van der Waals surface area contributed by atoms with Crippen LogP contribution in [-0.4, -0.2) is 49.7 Å². The van der Waals surface area contributed by atoms with Gasteiger partial charge in [0.15, 0.2) is 0 Å². The SMILES string of the molecule is COCCN1CC(NC(=O)Nc2ccc(Cl)cc2)C(c2ccc(F)cc2F)CC1=O. The summed E-state index contributed by atoms with van der Waals surface area (Å²) in [7, 11) is 1.53. The van der Waals surface area contributed by atoms with Crippen LogP contribution < -0.4 is 10.6 Å². The van der Waals surface area contributed by atoms with Crippen LogP contribution in [-0.2, 0) is 9.53 Å². The van der Waals surface area contributed by atoms with Crippen LogP contribution in [0.2, 0.25) is 5.02 Å². The summed E-state index contributed by atoms with van der Waals surface area (Å²) < 4.78 is 32.8. The summed E-state index contributed by atoms with van der Waals surface area (Å²) in [5.74, 6) is -2.27. The predicted octanol–water partition coefficient (Wildman–Crippen LogP) is 3.77. The number of anilines is 1. The fraction of sp³-hybridized carbons (Fsp3) is 0.333. The Bertz CT molecular complexity index is 911. The van der Waals surface area contributed by atoms with Crippen molar-refractivity contribution in [2.45, 2.75) is 18.4 Å². The first kappa shape index (κ1) is 22.0. The van der Waals surface area contributed by atoms with Crippen molar-refractivity contribution in [1.29, 1.82) is 0 Å². The molecule has 1 aliphatic rings. The van der Waals surface area contributed by atoms with Crippen LogP contribution in [0.3, 0.4) is 0 Å². The number of methoxy groups -OCH3 is 1. The molecule has 3 rings (SSSR count). The van der Waals surface area contributed by atoms with Crippen molar-refractivity contribution in [1.82, 2.24) is 10.2 Å². The average molecular weight is 438 g/mol. The van der Waals surface area contributed by atoms with Gasteiger partial charge >= 0.3 is 6.03 Å². The van der Waals surface area contributed by atoms with E-state index in [1.54, 1.807) is 29.2 Å². The molecule has 1 aliphatic heterocycles. The molecule has 1 saturated heterocycles. The number of urea groups is 1. The van der Waals surface area contributed by atoms with Crippen molar-refractivity contribution in [2.24, 2.45) is 0 Å². The number of halogens is 3. The minimum absolute atomic E-state index is 0.0157. The van der Waals surface area contributed by atoms with Crippen molar-refractivity contribution < 1.29 is 23.1 Å². The summed E-state index contributed by atoms with van der Waals surface area (Å²) in [6.07, 6.45) is -0.0157. The van der Waals surface area contributed by atoms with E-state index in [4.69, 9.17) is 16.3 Å². The highest BCUT2D eigenvalue weighted by atomic mass is 35.5. The van der Waals surface area contributed by atoms with Crippen LogP contribution in [0, 0.1) is 11.6 Å². The Labute approximate surface area is 178 Å². The molecule has 0 bridgehead atoms. The Morgan fingerprint density at radius 1 is 1.23 bits per heavy atom. The topological polar surface area (TPSA) is 70.7 Å². The molecule has 0 aliphatic carbocycles. The van der Waals surface area contributed by atoms with Gasteiger partial charge in [-0.05, 0) is 35.9 Å². The first-order chi connectivity index (χ1) is 14.4. The predicted molar refractivity (Wildman–Crippen MR) is 110 cm³/mol. The number of carbonyl (C=O) groups is 2. The molecule has 2 aromatic rings. The van der Waals surface area contributed by atoms with Gasteiger partial charge in [-0.3, -0.25) is 4.79 Å². The molecule has 2 N–H and O–H groups in total. The van der Waals surface area contributed by atoms with Crippen molar-refractivity contribution in [3.63, 3.8) is 0 Å². The van der Waals surface area contributed by atoms with Crippen LogP contribution in [0.25, 0.3) is 0 Å². The second-order valence-corrected chi connectivity index (χ2v) is 7.46. The molecule has 160 valence electrons. The molecule has 0 radical (unpaired) electrons. The molecule has 2 unspecified atom stereocenters. The standard InChI is InChI=1S/C21H22ClF2N3O3/c1-30-9-8-27-12-19(26-21(29)25-15-5-2-13(22)3-6-15)17(11-20(27)28)16-7-4-14(23)10-18(16)24/h2-7,10,17,19H,8-9,11-12H2,1H3,(H2,25,26,29). The number of rotatable bonds is 6. The van der Waals surface area contributed by atoms with Gasteiger partial charge < -0.3 is 20.3 Å². The quantitative estimate of drug-likeness (QED) is 0.722. The van der Waals surface area contributed by atoms with Gasteiger partial charge in [0.05, 0.1) is 12.6 Å². The van der Waals surface area contributed by atoms with Crippen LogP contribution >= 0.6 is 11.6 Å². The highest BCUT2D eigenvalue weighted by molar-refractivity contribution is 6.30. The lowest BCUT2D eigenvalue weighted by Gasteiger charge is -2.38. The second-order valence-electron chi connectivity index (χ2n) is 7.02. The number of nitrogens with one attached hydrogen (secondary N) is 2. The maximum absolute atomic E-state index is 14.4. The van der Waals surface area contributed by atoms with Gasteiger partial charge in [-0.2, -0.15) is 0 Å². The molecule has 2 aromatic carbocycles. The Morgan fingerprint density at radius 2 is 1.97 bits per heavy atom. The highest BCUT2D eigenvalue weighted by Crippen LogP contribution is 2.31. The van der Waals surface area contributed by atoms with Crippen molar-refractivity contribution in [3.05, 3.63) is 64.7 Å². The molecule has 1 heterocycles. The first-order valence-electron chi connectivity index (χ1n) is 9.42. The summed E-state index contributed by atoms with van der Waals surface area (Å²) >= 11 is 5.85. The third-order valence-corrected chi connectivity index (χ3v) is 5.25. The van der Waals surface area contributed by atoms with E-state index >= 15 is 0 Å². The van der Waals surface area contributed by atoms with Gasteiger partial charge in [-0.15, -0.1) is 0 Å². The van der Waals surface area contributed by atoms with Gasteiger partial charge in [0.25, 0.3) is 0 Å². The Balaban J connectivity index is 1.79. The number of amides is 3. The lowest BCUT2D eigenvalue weighted by Crippen LogP contribution is -2.55. The fourth-order valence-electron chi connectivity index (χ4n) is 3.49. The number of benzene rings is 2. The summed E-state index contributed by atoms with van der Waals surface area (Å²) in [5, 5.41) is 6.05. The minimum Gasteiger partial charge on any atom is -0.383 e. The van der Waals surface area contributed by atoms with Gasteiger partial charge in [0.2, 0.25) is 5.91 Å². The lowest BCUT2D eigenvalue weighted by atomic mass is 9.84. The van der Waals surface area contributed by atoms with Crippen LogP contribution in [0.15, 0.2) is 42.5 Å². The van der Waals surface area contributed by atoms with E-state index in [2.05, 4.69) is 10.6 Å². The third-order valence-electron chi connectivity index (χ3n) is 5.00. The van der Waals surface area contributed by atoms with Crippen LogP contribution in [0.5, 0.6) is 0 Å². The zero-order valence-corrected chi connectivity index (χ0v) is 17.1. The van der Waals surface area contributed by atoms with Crippen molar-refractivity contribution >= 4 is 29.2 Å². The zero-order valence-electron chi connectivity index (χ0n) is 16.3. The number of hydrogen-bond acceptors (Lipinski definition) is 3. The Morgan fingerprint density at radius 3 is 2.63 bits per heavy atom. The molecule has 30 heavy (non-hydrogen) atoms. The number of carbonyl (C=O) groups excluding carboxylic acids is 2. The molecule has 6 nitrogen and oxygen atoms in total. The summed E-state index contributed by atoms with van der Waals surface area (Å²) in [4.78, 5) is 26.7. The summed E-state index contributed by atoms with van der Waals surface area (Å²) in [5.41, 5.74) is 0.720. The average Bonchev–Trinajstić information content (AvgIpc) is 2.70. The fourth-order valence-corrected chi connectivity index (χ4v) is 3.61. The second kappa shape index (κ2) is 9.86. The smallest absolute Gasteiger partial charge is 0.319 e. The summed E-state index contributed by atoms with van der Waals surface area (Å²) in [6.45, 7) is 0.869. The van der Waals surface area contributed by atoms with E-state index in [1.807, 2.05) is 0 Å². The minimum atomic E-state index is -0.747. The van der Waals surface area contributed by atoms with E-state index in [0.717, 1.165) is 12.1 Å². The van der Waals surface area contributed by atoms with E-state index in [1.165, 1.54) is 13.2 Å². The first-order valence-corrected chi connectivity index (χ1v) is 9.80. The highest BCUT2D eigenvalue weighted by Gasteiger charge is 2.37. The van der Waals surface area contributed by atoms with Crippen LogP contribution in [0.1, 0.15) is 17.9 Å². The lowest BCUT2D eigenvalue weighted by molar-refractivity contribution is -0.135. The van der Waals surface area contributed by atoms with Crippen LogP contribution in [0.4, 0.5) is 19.3 Å². The summed E-state index contributed by atoms with van der Waals surface area (Å²) in [6, 6.07) is 8.73. The zero-order chi connectivity index (χ0) is 21.7. The molecule has 0 spiro atoms. The number of piperidine rings is 1. The molecular formula is C21H22ClF2N3O3. The molecule has 2 atom stereocenters. The molecule has 1 fully saturated rings. The van der Waals surface area contributed by atoms with E-state index < -0.39 is 29.6 Å². The van der Waals surface area contributed by atoms with E-state index in [9.17, 15) is 18.4 Å². The molecule has 3 amide bonds. The Kier molecular flexibility index (Phi) is 7.23.